The van der Waals surface area contributed by atoms with Gasteiger partial charge in [0.1, 0.15) is 5.69 Å². The average Bonchev–Trinajstić information content (AvgIpc) is 3.07. The maximum absolute atomic E-state index is 12.1. The molecule has 3 heterocycles. The molecule has 2 aromatic rings. The lowest BCUT2D eigenvalue weighted by atomic mass is 10.3. The molecule has 1 amide bonds. The molecule has 0 fully saturated rings. The van der Waals surface area contributed by atoms with Crippen molar-refractivity contribution >= 4 is 34.2 Å². The molecule has 1 N–H and O–H groups in total. The predicted molar refractivity (Wildman–Crippen MR) is 76.8 cm³/mol. The predicted octanol–water partition coefficient (Wildman–Crippen LogP) is 2.54. The van der Waals surface area contributed by atoms with Crippen molar-refractivity contribution in [1.29, 1.82) is 0 Å². The van der Waals surface area contributed by atoms with E-state index >= 15 is 0 Å². The monoisotopic (exact) mass is 293 g/mol. The van der Waals surface area contributed by atoms with Crippen LogP contribution in [0.25, 0.3) is 10.8 Å². The van der Waals surface area contributed by atoms with Crippen molar-refractivity contribution in [2.75, 3.05) is 12.3 Å². The molecule has 98 valence electrons. The van der Waals surface area contributed by atoms with Crippen LogP contribution in [-0.2, 0) is 0 Å². The van der Waals surface area contributed by atoms with Crippen LogP contribution in [-0.4, -0.2) is 28.4 Å². The van der Waals surface area contributed by atoms with Gasteiger partial charge in [-0.2, -0.15) is 0 Å². The third kappa shape index (κ3) is 2.57. The highest BCUT2D eigenvalue weighted by molar-refractivity contribution is 8.14. The van der Waals surface area contributed by atoms with Crippen molar-refractivity contribution in [2.24, 2.45) is 4.99 Å². The number of carbonyl (C=O) groups excluding carboxylic acids is 1. The number of aryl methyl sites for hydroxylation is 1. The third-order valence-electron chi connectivity index (χ3n) is 2.55. The van der Waals surface area contributed by atoms with Gasteiger partial charge in [-0.3, -0.25) is 15.1 Å². The topological polar surface area (TPSA) is 67.5 Å². The summed E-state index contributed by atoms with van der Waals surface area (Å²) in [5, 5.41) is 4.18. The Balaban J connectivity index is 1.82. The van der Waals surface area contributed by atoms with Gasteiger partial charge in [-0.15, -0.1) is 11.3 Å². The lowest BCUT2D eigenvalue weighted by Gasteiger charge is -2.01. The Morgan fingerprint density at radius 3 is 3.11 bits per heavy atom. The van der Waals surface area contributed by atoms with E-state index in [-0.39, 0.29) is 5.91 Å². The number of nitrogens with zero attached hydrogens (tertiary/aromatic N) is 2. The van der Waals surface area contributed by atoms with E-state index in [4.69, 9.17) is 4.42 Å². The normalized spacial score (nSPS) is 14.5. The second-order valence-electron chi connectivity index (χ2n) is 3.89. The van der Waals surface area contributed by atoms with Gasteiger partial charge in [-0.05, 0) is 19.1 Å². The molecule has 7 heteroatoms. The summed E-state index contributed by atoms with van der Waals surface area (Å²) in [5.41, 5.74) is 0.437. The minimum absolute atomic E-state index is 0.209. The number of hydrogen-bond acceptors (Lipinski definition) is 6. The zero-order valence-corrected chi connectivity index (χ0v) is 11.8. The summed E-state index contributed by atoms with van der Waals surface area (Å²) in [6.45, 7) is 2.64. The number of rotatable bonds is 2. The molecular formula is C12H11N3O2S2. The number of thiazole rings is 1. The number of thioether (sulfide) groups is 1. The van der Waals surface area contributed by atoms with Crippen LogP contribution >= 0.6 is 23.1 Å². The van der Waals surface area contributed by atoms with Crippen LogP contribution in [0.5, 0.6) is 0 Å². The Morgan fingerprint density at radius 2 is 2.42 bits per heavy atom. The Morgan fingerprint density at radius 1 is 1.53 bits per heavy atom. The fourth-order valence-corrected chi connectivity index (χ4v) is 3.28. The van der Waals surface area contributed by atoms with Crippen LogP contribution in [0.1, 0.15) is 15.4 Å². The minimum atomic E-state index is -0.209. The number of aromatic nitrogens is 1. The number of carbonyl (C=O) groups is 1. The molecule has 0 saturated carbocycles. The van der Waals surface area contributed by atoms with Crippen LogP contribution in [0, 0.1) is 6.92 Å². The van der Waals surface area contributed by atoms with Gasteiger partial charge in [0, 0.05) is 10.6 Å². The molecular weight excluding hydrogens is 282 g/mol. The first-order valence-corrected chi connectivity index (χ1v) is 7.54. The second-order valence-corrected chi connectivity index (χ2v) is 6.18. The van der Waals surface area contributed by atoms with E-state index in [1.54, 1.807) is 24.1 Å². The quantitative estimate of drug-likeness (QED) is 0.924. The van der Waals surface area contributed by atoms with E-state index in [9.17, 15) is 4.79 Å². The fourth-order valence-electron chi connectivity index (χ4n) is 1.68. The first-order chi connectivity index (χ1) is 9.24. The smallest absolute Gasteiger partial charge is 0.276 e. The van der Waals surface area contributed by atoms with E-state index < -0.39 is 0 Å². The molecule has 0 saturated heterocycles. The highest BCUT2D eigenvalue weighted by atomic mass is 32.2. The highest BCUT2D eigenvalue weighted by Crippen LogP contribution is 2.28. The number of amidine groups is 1. The molecule has 0 unspecified atom stereocenters. The molecule has 0 bridgehead atoms. The van der Waals surface area contributed by atoms with Gasteiger partial charge in [0.25, 0.3) is 5.91 Å². The summed E-state index contributed by atoms with van der Waals surface area (Å²) < 4.78 is 5.29. The second kappa shape index (κ2) is 5.18. The Kier molecular flexibility index (Phi) is 3.39. The van der Waals surface area contributed by atoms with E-state index in [2.05, 4.69) is 15.3 Å². The number of nitrogens with one attached hydrogen (secondary N) is 1. The molecule has 5 nitrogen and oxygen atoms in total. The lowest BCUT2D eigenvalue weighted by Crippen LogP contribution is -2.28. The Labute approximate surface area is 118 Å². The number of furan rings is 1. The zero-order chi connectivity index (χ0) is 13.2. The van der Waals surface area contributed by atoms with Crippen LogP contribution in [0.2, 0.25) is 0 Å². The highest BCUT2D eigenvalue weighted by Gasteiger charge is 2.19. The van der Waals surface area contributed by atoms with Gasteiger partial charge in [-0.25, -0.2) is 4.98 Å². The van der Waals surface area contributed by atoms with Crippen molar-refractivity contribution in [1.82, 2.24) is 10.3 Å². The van der Waals surface area contributed by atoms with Crippen LogP contribution in [0.3, 0.4) is 0 Å². The fraction of sp³-hybridized carbons (Fsp3) is 0.250. The van der Waals surface area contributed by atoms with E-state index in [1.165, 1.54) is 11.3 Å². The van der Waals surface area contributed by atoms with Gasteiger partial charge >= 0.3 is 0 Å². The number of amides is 1. The minimum Gasteiger partial charge on any atom is -0.462 e. The summed E-state index contributed by atoms with van der Waals surface area (Å²) in [6.07, 6.45) is 1.59. The van der Waals surface area contributed by atoms with Crippen molar-refractivity contribution in [3.63, 3.8) is 0 Å². The molecule has 1 aliphatic heterocycles. The van der Waals surface area contributed by atoms with E-state index in [1.807, 2.05) is 13.0 Å². The van der Waals surface area contributed by atoms with Crippen molar-refractivity contribution in [3.05, 3.63) is 29.0 Å². The van der Waals surface area contributed by atoms with Gasteiger partial charge in [0.15, 0.2) is 15.9 Å². The zero-order valence-electron chi connectivity index (χ0n) is 10.2. The first-order valence-electron chi connectivity index (χ1n) is 5.74. The van der Waals surface area contributed by atoms with E-state index in [0.29, 0.717) is 21.6 Å². The molecule has 0 aromatic carbocycles. The number of aliphatic imine (C=N–C) groups is 1. The van der Waals surface area contributed by atoms with Gasteiger partial charge in [0.2, 0.25) is 0 Å². The van der Waals surface area contributed by atoms with Crippen LogP contribution in [0.4, 0.5) is 0 Å². The standard InChI is InChI=1S/C12H11N3O2S2/c1-7-9(10(16)15-12-13-4-6-18-12)14-11(19-7)8-3-2-5-17-8/h2-3,5H,4,6H2,1H3,(H,13,15,16). The van der Waals surface area contributed by atoms with Gasteiger partial charge < -0.3 is 4.42 Å². The van der Waals surface area contributed by atoms with Gasteiger partial charge in [0.05, 0.1) is 12.8 Å². The third-order valence-corrected chi connectivity index (χ3v) is 4.43. The summed E-state index contributed by atoms with van der Waals surface area (Å²) in [6, 6.07) is 3.63. The van der Waals surface area contributed by atoms with Crippen molar-refractivity contribution < 1.29 is 9.21 Å². The summed E-state index contributed by atoms with van der Waals surface area (Å²) in [7, 11) is 0. The summed E-state index contributed by atoms with van der Waals surface area (Å²) in [4.78, 5) is 21.5. The molecule has 2 aromatic heterocycles. The molecule has 0 atom stereocenters. The Hall–Kier alpha value is -1.60. The van der Waals surface area contributed by atoms with Gasteiger partial charge in [-0.1, -0.05) is 11.8 Å². The maximum atomic E-state index is 12.1. The van der Waals surface area contributed by atoms with E-state index in [0.717, 1.165) is 17.2 Å². The summed E-state index contributed by atoms with van der Waals surface area (Å²) in [5.74, 6) is 1.39. The molecule has 0 radical (unpaired) electrons. The molecule has 0 spiro atoms. The SMILES string of the molecule is Cc1sc(-c2ccco2)nc1C(=O)NC1=NCCS1. The Bertz CT molecular complexity index is 631. The van der Waals surface area contributed by atoms with Crippen LogP contribution < -0.4 is 5.32 Å². The van der Waals surface area contributed by atoms with Crippen molar-refractivity contribution in [2.45, 2.75) is 6.92 Å². The number of hydrogen-bond donors (Lipinski definition) is 1. The molecule has 0 aliphatic carbocycles. The van der Waals surface area contributed by atoms with Crippen LogP contribution in [0.15, 0.2) is 27.8 Å². The maximum Gasteiger partial charge on any atom is 0.276 e. The lowest BCUT2D eigenvalue weighted by molar-refractivity contribution is 0.0973. The molecule has 3 rings (SSSR count). The molecule has 1 aliphatic rings. The van der Waals surface area contributed by atoms with Crippen molar-refractivity contribution in [3.8, 4) is 10.8 Å². The largest absolute Gasteiger partial charge is 0.462 e. The molecule has 19 heavy (non-hydrogen) atoms. The summed E-state index contributed by atoms with van der Waals surface area (Å²) >= 11 is 3.00. The first kappa shape index (κ1) is 12.4. The average molecular weight is 293 g/mol.